The first kappa shape index (κ1) is 25.7. The van der Waals surface area contributed by atoms with Crippen LogP contribution < -0.4 is 4.74 Å². The van der Waals surface area contributed by atoms with Crippen molar-refractivity contribution in [2.75, 3.05) is 13.7 Å². The largest absolute Gasteiger partial charge is 0.497 e. The Morgan fingerprint density at radius 1 is 1.03 bits per heavy atom. The van der Waals surface area contributed by atoms with E-state index in [1.165, 1.54) is 31.4 Å². The topological polar surface area (TPSA) is 84.0 Å². The Bertz CT molecular complexity index is 1260. The lowest BCUT2D eigenvalue weighted by Crippen LogP contribution is -2.52. The van der Waals surface area contributed by atoms with Gasteiger partial charge in [0.1, 0.15) is 12.3 Å². The molecule has 7 nitrogen and oxygen atoms in total. The average Bonchev–Trinajstić information content (AvgIpc) is 3.47. The van der Waals surface area contributed by atoms with Crippen LogP contribution in [-0.2, 0) is 9.59 Å². The van der Waals surface area contributed by atoms with E-state index < -0.39 is 41.9 Å². The molecule has 0 aromatic heterocycles. The predicted molar refractivity (Wildman–Crippen MR) is 141 cm³/mol. The molecule has 6 atom stereocenters. The smallest absolute Gasteiger partial charge is 0.274 e. The number of ketones is 1. The highest BCUT2D eigenvalue weighted by atomic mass is 79.9. The summed E-state index contributed by atoms with van der Waals surface area (Å²) in [6, 6.07) is 10.7. The minimum absolute atomic E-state index is 0.0249. The molecular weight excluding hydrogens is 639 g/mol. The number of carbonyl (C=O) groups excluding carboxylic acids is 4. The van der Waals surface area contributed by atoms with Crippen molar-refractivity contribution in [3.63, 3.8) is 0 Å². The van der Waals surface area contributed by atoms with Crippen molar-refractivity contribution < 1.29 is 23.9 Å². The molecule has 1 heterocycles. The van der Waals surface area contributed by atoms with Gasteiger partial charge < -0.3 is 4.74 Å². The van der Waals surface area contributed by atoms with Crippen molar-refractivity contribution in [3.05, 3.63) is 63.6 Å². The molecule has 3 aliphatic rings. The zero-order chi connectivity index (χ0) is 25.9. The first-order chi connectivity index (χ1) is 17.1. The Morgan fingerprint density at radius 2 is 1.67 bits per heavy atom. The number of alkyl halides is 2. The van der Waals surface area contributed by atoms with Gasteiger partial charge in [0.05, 0.1) is 29.5 Å². The number of amides is 3. The van der Waals surface area contributed by atoms with E-state index in [2.05, 4.69) is 31.9 Å². The molecule has 3 amide bonds. The molecule has 0 spiro atoms. The van der Waals surface area contributed by atoms with Crippen molar-refractivity contribution >= 4 is 78.6 Å². The first-order valence-electron chi connectivity index (χ1n) is 11.2. The second kappa shape index (κ2) is 9.74. The van der Waals surface area contributed by atoms with Crippen LogP contribution >= 0.6 is 55.1 Å². The van der Waals surface area contributed by atoms with Crippen LogP contribution in [0, 0.1) is 23.7 Å². The molecule has 3 fully saturated rings. The number of benzene rings is 2. The Morgan fingerprint density at radius 3 is 2.25 bits per heavy atom. The van der Waals surface area contributed by atoms with Crippen LogP contribution in [0.5, 0.6) is 5.75 Å². The van der Waals surface area contributed by atoms with Gasteiger partial charge in [-0.1, -0.05) is 67.2 Å². The fourth-order valence-corrected chi connectivity index (χ4v) is 7.99. The van der Waals surface area contributed by atoms with E-state index in [4.69, 9.17) is 27.9 Å². The molecule has 1 saturated heterocycles. The van der Waals surface area contributed by atoms with Gasteiger partial charge in [-0.25, -0.2) is 5.01 Å². The van der Waals surface area contributed by atoms with Gasteiger partial charge in [-0.05, 0) is 48.6 Å². The number of fused-ring (bicyclic) bond motifs is 5. The summed E-state index contributed by atoms with van der Waals surface area (Å²) in [7, 11) is 1.48. The van der Waals surface area contributed by atoms with Crippen LogP contribution in [0.25, 0.3) is 0 Å². The summed E-state index contributed by atoms with van der Waals surface area (Å²) in [6.45, 7) is -0.535. The minimum atomic E-state index is -0.743. The second-order valence-corrected chi connectivity index (χ2v) is 12.1. The van der Waals surface area contributed by atoms with E-state index >= 15 is 0 Å². The maximum Gasteiger partial charge on any atom is 0.274 e. The Labute approximate surface area is 234 Å². The molecule has 2 aromatic rings. The molecule has 188 valence electrons. The van der Waals surface area contributed by atoms with E-state index in [1.54, 1.807) is 18.2 Å². The molecule has 2 aliphatic carbocycles. The van der Waals surface area contributed by atoms with Gasteiger partial charge in [0.25, 0.3) is 17.7 Å². The third kappa shape index (κ3) is 4.08. The maximum atomic E-state index is 13.7. The van der Waals surface area contributed by atoms with Crippen LogP contribution in [0.4, 0.5) is 0 Å². The molecule has 0 N–H and O–H groups in total. The third-order valence-corrected chi connectivity index (χ3v) is 11.0. The van der Waals surface area contributed by atoms with E-state index in [0.29, 0.717) is 10.8 Å². The number of hydrogen-bond acceptors (Lipinski definition) is 5. The zero-order valence-electron chi connectivity index (χ0n) is 18.9. The number of methoxy groups -OCH3 is 1. The monoisotopic (exact) mass is 656 g/mol. The number of hydrogen-bond donors (Lipinski definition) is 0. The van der Waals surface area contributed by atoms with Crippen molar-refractivity contribution in [2.45, 2.75) is 16.1 Å². The molecule has 2 aromatic carbocycles. The van der Waals surface area contributed by atoms with Gasteiger partial charge in [0.15, 0.2) is 5.78 Å². The Kier molecular flexibility index (Phi) is 6.95. The molecule has 5 rings (SSSR count). The number of Topliss-reactive ketones (excluding diaryl/α,β-unsaturated/α-hetero) is 1. The molecule has 0 unspecified atom stereocenters. The molecule has 36 heavy (non-hydrogen) atoms. The van der Waals surface area contributed by atoms with Crippen molar-refractivity contribution in [1.29, 1.82) is 0 Å². The van der Waals surface area contributed by atoms with Crippen LogP contribution in [0.15, 0.2) is 42.5 Å². The van der Waals surface area contributed by atoms with Gasteiger partial charge >= 0.3 is 0 Å². The quantitative estimate of drug-likeness (QED) is 0.247. The Hall–Kier alpha value is -1.94. The molecule has 2 bridgehead atoms. The van der Waals surface area contributed by atoms with E-state index in [0.717, 1.165) is 16.4 Å². The fraction of sp³-hybridized carbons (Fsp3) is 0.360. The van der Waals surface area contributed by atoms with Gasteiger partial charge in [0.2, 0.25) is 0 Å². The van der Waals surface area contributed by atoms with Gasteiger partial charge in [-0.15, -0.1) is 0 Å². The normalized spacial score (nSPS) is 28.4. The number of imide groups is 1. The zero-order valence-corrected chi connectivity index (χ0v) is 23.6. The summed E-state index contributed by atoms with van der Waals surface area (Å²) in [6.07, 6.45) is 0.742. The molecule has 11 heteroatoms. The number of carbonyl (C=O) groups is 4. The number of rotatable bonds is 6. The van der Waals surface area contributed by atoms with Crippen molar-refractivity contribution in [1.82, 2.24) is 10.0 Å². The van der Waals surface area contributed by atoms with Crippen LogP contribution in [0.3, 0.4) is 0 Å². The highest BCUT2D eigenvalue weighted by molar-refractivity contribution is 9.12. The molecular formula is C25H20Br2Cl2N2O5. The molecule has 1 aliphatic heterocycles. The summed E-state index contributed by atoms with van der Waals surface area (Å²) >= 11 is 19.6. The average molecular weight is 659 g/mol. The molecule has 0 radical (unpaired) electrons. The summed E-state index contributed by atoms with van der Waals surface area (Å²) in [5, 5.41) is 2.16. The Balaban J connectivity index is 1.53. The van der Waals surface area contributed by atoms with Crippen molar-refractivity contribution in [2.24, 2.45) is 23.7 Å². The van der Waals surface area contributed by atoms with Crippen LogP contribution in [-0.4, -0.2) is 56.8 Å². The lowest BCUT2D eigenvalue weighted by molar-refractivity contribution is -0.154. The van der Waals surface area contributed by atoms with E-state index in [9.17, 15) is 19.2 Å². The summed E-state index contributed by atoms with van der Waals surface area (Å²) in [5.74, 6) is -2.89. The van der Waals surface area contributed by atoms with Gasteiger partial charge in [-0.3, -0.25) is 19.2 Å². The highest BCUT2D eigenvalue weighted by Gasteiger charge is 2.67. The standard InChI is InChI=1S/C25H20Br2Cl2N2O5/c1-36-13-4-2-3-11(7-13)18(32)10-30(23(33)14-6-5-12(28)8-17(14)29)31-24(34)19-15-9-16(20(19)25(31)35)22(27)21(15)26/h2-8,15-16,19-22H,9-10H2,1H3/t15-,16-,19-,20-,21-,22+/m1/s1. The highest BCUT2D eigenvalue weighted by Crippen LogP contribution is 2.60. The lowest BCUT2D eigenvalue weighted by atomic mass is 9.81. The van der Waals surface area contributed by atoms with E-state index in [-0.39, 0.29) is 37.6 Å². The van der Waals surface area contributed by atoms with Gasteiger partial charge in [-0.2, -0.15) is 5.01 Å². The van der Waals surface area contributed by atoms with Gasteiger partial charge in [0, 0.05) is 20.2 Å². The number of halogens is 4. The van der Waals surface area contributed by atoms with E-state index in [1.807, 2.05) is 0 Å². The second-order valence-electron chi connectivity index (χ2n) is 9.13. The van der Waals surface area contributed by atoms with Crippen LogP contribution in [0.1, 0.15) is 27.1 Å². The van der Waals surface area contributed by atoms with Crippen LogP contribution in [0.2, 0.25) is 10.0 Å². The maximum absolute atomic E-state index is 13.7. The number of hydrazine groups is 1. The van der Waals surface area contributed by atoms with Crippen molar-refractivity contribution in [3.8, 4) is 5.75 Å². The molecule has 2 saturated carbocycles. The summed E-state index contributed by atoms with van der Waals surface area (Å²) < 4.78 is 5.20. The third-order valence-electron chi connectivity index (χ3n) is 7.29. The SMILES string of the molecule is COc1cccc(C(=O)CN(C(=O)c2ccc(Cl)cc2Cl)N2C(=O)[C@@H]3[C@H]4C[C@@H]([C@@H](Br)[C@H]4Br)[C@H]3C2=O)c1. The lowest BCUT2D eigenvalue weighted by Gasteiger charge is -2.31. The summed E-state index contributed by atoms with van der Waals surface area (Å²) in [4.78, 5) is 54.4. The fourth-order valence-electron chi connectivity index (χ4n) is 5.63. The first-order valence-corrected chi connectivity index (χ1v) is 13.8. The number of ether oxygens (including phenoxy) is 1. The number of nitrogens with zero attached hydrogens (tertiary/aromatic N) is 2. The minimum Gasteiger partial charge on any atom is -0.497 e. The summed E-state index contributed by atoms with van der Waals surface area (Å²) in [5.41, 5.74) is 0.298. The predicted octanol–water partition coefficient (Wildman–Crippen LogP) is 5.02.